The van der Waals surface area contributed by atoms with Crippen molar-refractivity contribution in [2.24, 2.45) is 10.9 Å². The van der Waals surface area contributed by atoms with Gasteiger partial charge in [-0.2, -0.15) is 13.2 Å². The van der Waals surface area contributed by atoms with Crippen molar-refractivity contribution in [2.75, 3.05) is 6.54 Å². The van der Waals surface area contributed by atoms with Gasteiger partial charge in [0, 0.05) is 18.0 Å². The molecule has 3 rings (SSSR count). The molecule has 0 aromatic heterocycles. The van der Waals surface area contributed by atoms with Crippen molar-refractivity contribution in [1.82, 2.24) is 4.90 Å². The van der Waals surface area contributed by atoms with Gasteiger partial charge in [-0.15, -0.1) is 0 Å². The lowest BCUT2D eigenvalue weighted by Gasteiger charge is -2.28. The zero-order valence-corrected chi connectivity index (χ0v) is 20.7. The standard InChI is InChI=1S/C26H26ClF3N2OS/c1-17(2)15-32(16-19-6-9-21(33)10-7-19)25(34-22-11-4-18(3)5-12-22)31-20-8-13-24(27)23(14-20)26(28,29)30/h4-14,17,33H,15-16H2,1-3H3. The summed E-state index contributed by atoms with van der Waals surface area (Å²) in [4.78, 5) is 7.63. The van der Waals surface area contributed by atoms with Crippen LogP contribution in [0, 0.1) is 12.8 Å². The number of alkyl halides is 3. The SMILES string of the molecule is Cc1ccc(SC(=Nc2ccc(Cl)c(C(F)(F)F)c2)N(Cc2ccc(O)cc2)CC(C)C)cc1. The number of rotatable bonds is 6. The molecule has 0 radical (unpaired) electrons. The van der Waals surface area contributed by atoms with Crippen molar-refractivity contribution in [3.05, 3.63) is 88.4 Å². The van der Waals surface area contributed by atoms with E-state index < -0.39 is 11.7 Å². The van der Waals surface area contributed by atoms with Crippen molar-refractivity contribution in [3.63, 3.8) is 0 Å². The van der Waals surface area contributed by atoms with Crippen molar-refractivity contribution in [3.8, 4) is 5.75 Å². The Morgan fingerprint density at radius 2 is 1.68 bits per heavy atom. The largest absolute Gasteiger partial charge is 0.508 e. The molecule has 0 aliphatic carbocycles. The molecule has 0 heterocycles. The molecule has 0 bridgehead atoms. The normalized spacial score (nSPS) is 12.3. The van der Waals surface area contributed by atoms with Crippen LogP contribution in [0.2, 0.25) is 5.02 Å². The fourth-order valence-electron chi connectivity index (χ4n) is 3.25. The molecule has 34 heavy (non-hydrogen) atoms. The first kappa shape index (κ1) is 26.0. The molecule has 0 amide bonds. The van der Waals surface area contributed by atoms with E-state index in [4.69, 9.17) is 11.6 Å². The van der Waals surface area contributed by atoms with E-state index in [1.54, 1.807) is 12.1 Å². The first-order valence-corrected chi connectivity index (χ1v) is 11.9. The third kappa shape index (κ3) is 7.43. The third-order valence-electron chi connectivity index (χ3n) is 4.88. The van der Waals surface area contributed by atoms with Crippen LogP contribution in [0.5, 0.6) is 5.75 Å². The van der Waals surface area contributed by atoms with E-state index in [1.807, 2.05) is 48.2 Å². The zero-order valence-electron chi connectivity index (χ0n) is 19.1. The zero-order chi connectivity index (χ0) is 24.9. The molecule has 8 heteroatoms. The lowest BCUT2D eigenvalue weighted by Crippen LogP contribution is -2.32. The number of hydrogen-bond acceptors (Lipinski definition) is 3. The van der Waals surface area contributed by atoms with Gasteiger partial charge in [0.2, 0.25) is 0 Å². The summed E-state index contributed by atoms with van der Waals surface area (Å²) in [6.07, 6.45) is -4.57. The van der Waals surface area contributed by atoms with Gasteiger partial charge in [0.1, 0.15) is 5.75 Å². The van der Waals surface area contributed by atoms with E-state index in [0.717, 1.165) is 22.1 Å². The van der Waals surface area contributed by atoms with Gasteiger partial charge < -0.3 is 10.0 Å². The van der Waals surface area contributed by atoms with Crippen LogP contribution < -0.4 is 0 Å². The van der Waals surface area contributed by atoms with Gasteiger partial charge in [-0.1, -0.05) is 67.0 Å². The second-order valence-electron chi connectivity index (χ2n) is 8.41. The number of thioether (sulfide) groups is 1. The van der Waals surface area contributed by atoms with E-state index in [0.29, 0.717) is 18.3 Å². The third-order valence-corrected chi connectivity index (χ3v) is 6.25. The highest BCUT2D eigenvalue weighted by atomic mass is 35.5. The minimum absolute atomic E-state index is 0.169. The van der Waals surface area contributed by atoms with E-state index in [1.165, 1.54) is 23.9 Å². The number of halogens is 4. The van der Waals surface area contributed by atoms with E-state index in [2.05, 4.69) is 18.8 Å². The number of amidine groups is 1. The molecule has 0 aliphatic heterocycles. The molecule has 1 N–H and O–H groups in total. The molecule has 0 atom stereocenters. The summed E-state index contributed by atoms with van der Waals surface area (Å²) >= 11 is 7.20. The molecule has 0 saturated carbocycles. The van der Waals surface area contributed by atoms with Gasteiger partial charge in [0.05, 0.1) is 16.3 Å². The highest BCUT2D eigenvalue weighted by molar-refractivity contribution is 8.13. The maximum absolute atomic E-state index is 13.4. The summed E-state index contributed by atoms with van der Waals surface area (Å²) in [5.74, 6) is 0.444. The first-order chi connectivity index (χ1) is 16.0. The molecule has 180 valence electrons. The second kappa shape index (κ2) is 11.2. The Balaban J connectivity index is 2.06. The topological polar surface area (TPSA) is 35.8 Å². The summed E-state index contributed by atoms with van der Waals surface area (Å²) in [7, 11) is 0. The highest BCUT2D eigenvalue weighted by Gasteiger charge is 2.33. The maximum Gasteiger partial charge on any atom is 0.417 e. The number of phenolic OH excluding ortho intramolecular Hbond substituents is 1. The number of benzene rings is 3. The lowest BCUT2D eigenvalue weighted by molar-refractivity contribution is -0.137. The summed E-state index contributed by atoms with van der Waals surface area (Å²) in [5.41, 5.74) is 1.32. The summed E-state index contributed by atoms with van der Waals surface area (Å²) < 4.78 is 40.3. The first-order valence-electron chi connectivity index (χ1n) is 10.7. The van der Waals surface area contributed by atoms with Crippen LogP contribution in [-0.4, -0.2) is 21.7 Å². The minimum Gasteiger partial charge on any atom is -0.508 e. The van der Waals surface area contributed by atoms with Crippen molar-refractivity contribution < 1.29 is 18.3 Å². The lowest BCUT2D eigenvalue weighted by atomic mass is 10.1. The van der Waals surface area contributed by atoms with Gasteiger partial charge in [-0.25, -0.2) is 4.99 Å². The Bertz CT molecular complexity index is 1130. The Kier molecular flexibility index (Phi) is 8.55. The second-order valence-corrected chi connectivity index (χ2v) is 9.86. The van der Waals surface area contributed by atoms with Crippen molar-refractivity contribution >= 4 is 34.2 Å². The number of aromatic hydroxyl groups is 1. The monoisotopic (exact) mass is 506 g/mol. The number of nitrogens with zero attached hydrogens (tertiary/aromatic N) is 2. The number of hydrogen-bond donors (Lipinski definition) is 1. The molecule has 3 aromatic carbocycles. The molecule has 0 saturated heterocycles. The summed E-state index contributed by atoms with van der Waals surface area (Å²) in [6, 6.07) is 18.5. The fourth-order valence-corrected chi connectivity index (χ4v) is 4.38. The molecule has 0 unspecified atom stereocenters. The average molecular weight is 507 g/mol. The van der Waals surface area contributed by atoms with Crippen LogP contribution in [0.3, 0.4) is 0 Å². The number of aliphatic imine (C=N–C) groups is 1. The molecule has 3 nitrogen and oxygen atoms in total. The van der Waals surface area contributed by atoms with Crippen LogP contribution in [0.15, 0.2) is 76.6 Å². The van der Waals surface area contributed by atoms with E-state index in [-0.39, 0.29) is 22.4 Å². The number of aryl methyl sites for hydroxylation is 1. The van der Waals surface area contributed by atoms with Gasteiger partial charge in [0.25, 0.3) is 0 Å². The highest BCUT2D eigenvalue weighted by Crippen LogP contribution is 2.37. The van der Waals surface area contributed by atoms with Crippen LogP contribution in [0.1, 0.15) is 30.5 Å². The fraction of sp³-hybridized carbons (Fsp3) is 0.269. The Labute approximate surface area is 207 Å². The molecule has 0 aliphatic rings. The van der Waals surface area contributed by atoms with E-state index >= 15 is 0 Å². The molecule has 0 spiro atoms. The average Bonchev–Trinajstić information content (AvgIpc) is 2.76. The summed E-state index contributed by atoms with van der Waals surface area (Å²) in [5, 5.41) is 9.84. The molecule has 3 aromatic rings. The minimum atomic E-state index is -4.57. The molecule has 0 fully saturated rings. The Hall–Kier alpha value is -2.64. The van der Waals surface area contributed by atoms with Crippen LogP contribution in [0.4, 0.5) is 18.9 Å². The Morgan fingerprint density at radius 3 is 2.26 bits per heavy atom. The van der Waals surface area contributed by atoms with Gasteiger partial charge in [0.15, 0.2) is 5.17 Å². The van der Waals surface area contributed by atoms with Crippen LogP contribution in [0.25, 0.3) is 0 Å². The molecular formula is C26H26ClF3N2OS. The van der Waals surface area contributed by atoms with Crippen LogP contribution in [-0.2, 0) is 12.7 Å². The van der Waals surface area contributed by atoms with Gasteiger partial charge in [-0.05, 0) is 60.9 Å². The predicted molar refractivity (Wildman–Crippen MR) is 134 cm³/mol. The predicted octanol–water partition coefficient (Wildman–Crippen LogP) is 8.31. The molecular weight excluding hydrogens is 481 g/mol. The van der Waals surface area contributed by atoms with Crippen LogP contribution >= 0.6 is 23.4 Å². The smallest absolute Gasteiger partial charge is 0.417 e. The number of phenols is 1. The summed E-state index contributed by atoms with van der Waals surface area (Å²) in [6.45, 7) is 7.25. The van der Waals surface area contributed by atoms with E-state index in [9.17, 15) is 18.3 Å². The van der Waals surface area contributed by atoms with Gasteiger partial charge in [-0.3, -0.25) is 0 Å². The maximum atomic E-state index is 13.4. The Morgan fingerprint density at radius 1 is 1.03 bits per heavy atom. The van der Waals surface area contributed by atoms with Gasteiger partial charge >= 0.3 is 6.18 Å². The quantitative estimate of drug-likeness (QED) is 0.207. The van der Waals surface area contributed by atoms with Crippen molar-refractivity contribution in [2.45, 2.75) is 38.4 Å². The van der Waals surface area contributed by atoms with Crippen molar-refractivity contribution in [1.29, 1.82) is 0 Å².